The van der Waals surface area contributed by atoms with Gasteiger partial charge in [0.1, 0.15) is 11.5 Å². The molecule has 4 rings (SSSR count). The molecule has 0 fully saturated rings. The lowest BCUT2D eigenvalue weighted by molar-refractivity contribution is -0.192. The van der Waals surface area contributed by atoms with Crippen molar-refractivity contribution in [3.05, 3.63) is 64.1 Å². The van der Waals surface area contributed by atoms with E-state index < -0.39 is 12.1 Å². The highest BCUT2D eigenvalue weighted by molar-refractivity contribution is 5.93. The van der Waals surface area contributed by atoms with Crippen molar-refractivity contribution in [2.24, 2.45) is 13.0 Å². The van der Waals surface area contributed by atoms with E-state index in [1.807, 2.05) is 62.1 Å². The Hall–Kier alpha value is -3.83. The van der Waals surface area contributed by atoms with Crippen LogP contribution in [0.25, 0.3) is 5.69 Å². The number of imidazole rings is 1. The van der Waals surface area contributed by atoms with E-state index in [0.29, 0.717) is 18.7 Å². The summed E-state index contributed by atoms with van der Waals surface area (Å²) in [5.41, 5.74) is 2.75. The number of aromatic nitrogens is 4. The number of hydrogen-bond acceptors (Lipinski definition) is 4. The summed E-state index contributed by atoms with van der Waals surface area (Å²) < 4.78 is 37.2. The molecule has 0 aliphatic carbocycles. The average molecular weight is 493 g/mol. The van der Waals surface area contributed by atoms with Gasteiger partial charge in [-0.2, -0.15) is 13.2 Å². The van der Waals surface area contributed by atoms with Gasteiger partial charge in [0, 0.05) is 26.2 Å². The number of para-hydroxylation sites is 1. The summed E-state index contributed by atoms with van der Waals surface area (Å²) in [4.78, 5) is 39.5. The number of aliphatic carboxylic acids is 1. The fourth-order valence-electron chi connectivity index (χ4n) is 4.06. The molecule has 3 aromatic rings. The molecule has 1 aliphatic heterocycles. The number of halogens is 3. The molecule has 1 aliphatic rings. The van der Waals surface area contributed by atoms with Crippen molar-refractivity contribution < 1.29 is 27.9 Å². The van der Waals surface area contributed by atoms with E-state index in [1.54, 1.807) is 4.68 Å². The molecule has 0 spiro atoms. The number of nitrogens with one attached hydrogen (secondary N) is 1. The Bertz CT molecular complexity index is 1270. The molecule has 2 N–H and O–H groups in total. The number of nitrogens with zero attached hydrogens (tertiary/aromatic N) is 4. The summed E-state index contributed by atoms with van der Waals surface area (Å²) >= 11 is 0. The van der Waals surface area contributed by atoms with Gasteiger partial charge in [-0.3, -0.25) is 14.3 Å². The minimum atomic E-state index is -5.08. The molecule has 1 unspecified atom stereocenters. The maximum Gasteiger partial charge on any atom is 0.490 e. The molecule has 1 aromatic carbocycles. The van der Waals surface area contributed by atoms with Crippen molar-refractivity contribution in [3.8, 4) is 5.69 Å². The molecule has 0 bridgehead atoms. The van der Waals surface area contributed by atoms with Crippen LogP contribution in [0.3, 0.4) is 0 Å². The zero-order valence-corrected chi connectivity index (χ0v) is 19.5. The fraction of sp³-hybridized carbons (Fsp3) is 0.391. The van der Waals surface area contributed by atoms with Crippen LogP contribution in [0.15, 0.2) is 41.3 Å². The molecule has 2 aromatic heterocycles. The zero-order valence-electron chi connectivity index (χ0n) is 19.5. The Balaban J connectivity index is 0.000000429. The van der Waals surface area contributed by atoms with Crippen LogP contribution in [0.5, 0.6) is 0 Å². The topological polar surface area (TPSA) is 111 Å². The van der Waals surface area contributed by atoms with Crippen LogP contribution < -0.4 is 10.9 Å². The van der Waals surface area contributed by atoms with Gasteiger partial charge >= 0.3 is 12.1 Å². The first-order chi connectivity index (χ1) is 16.4. The second kappa shape index (κ2) is 10.2. The minimum absolute atomic E-state index is 0.102. The first kappa shape index (κ1) is 25.8. The molecule has 1 amide bonds. The van der Waals surface area contributed by atoms with E-state index in [2.05, 4.69) is 14.9 Å². The number of fused-ring (bicyclic) bond motifs is 1. The largest absolute Gasteiger partial charge is 0.490 e. The van der Waals surface area contributed by atoms with Crippen molar-refractivity contribution >= 4 is 17.6 Å². The Morgan fingerprint density at radius 3 is 2.43 bits per heavy atom. The van der Waals surface area contributed by atoms with Gasteiger partial charge in [-0.1, -0.05) is 25.1 Å². The van der Waals surface area contributed by atoms with E-state index in [9.17, 15) is 22.8 Å². The van der Waals surface area contributed by atoms with Gasteiger partial charge in [-0.25, -0.2) is 14.5 Å². The normalized spacial score (nSPS) is 15.1. The maximum atomic E-state index is 13.1. The molecule has 3 heterocycles. The molecule has 1 atom stereocenters. The van der Waals surface area contributed by atoms with E-state index >= 15 is 0 Å². The first-order valence-electron chi connectivity index (χ1n) is 10.9. The van der Waals surface area contributed by atoms with E-state index in [4.69, 9.17) is 9.90 Å². The molecule has 188 valence electrons. The van der Waals surface area contributed by atoms with Gasteiger partial charge in [0.05, 0.1) is 23.0 Å². The molecule has 0 saturated carbocycles. The number of rotatable bonds is 4. The van der Waals surface area contributed by atoms with Gasteiger partial charge in [-0.15, -0.1) is 0 Å². The second-order valence-corrected chi connectivity index (χ2v) is 8.13. The SMILES string of the molecule is CCc1c(NC(=O)C2CCc3nc(C)cn3C2)c(=O)n(-c2ccccc2)n1C.O=C(O)C(F)(F)F. The zero-order chi connectivity index (χ0) is 25.9. The Morgan fingerprint density at radius 1 is 1.23 bits per heavy atom. The van der Waals surface area contributed by atoms with Crippen molar-refractivity contribution in [1.29, 1.82) is 0 Å². The summed E-state index contributed by atoms with van der Waals surface area (Å²) in [5, 5.41) is 10.1. The number of hydrogen-bond donors (Lipinski definition) is 2. The molecule has 0 saturated heterocycles. The highest BCUT2D eigenvalue weighted by Gasteiger charge is 2.38. The van der Waals surface area contributed by atoms with Crippen LogP contribution >= 0.6 is 0 Å². The van der Waals surface area contributed by atoms with Crippen LogP contribution in [0, 0.1) is 12.8 Å². The van der Waals surface area contributed by atoms with Gasteiger partial charge < -0.3 is 15.0 Å². The molecular weight excluding hydrogens is 467 g/mol. The Kier molecular flexibility index (Phi) is 7.51. The van der Waals surface area contributed by atoms with Gasteiger partial charge in [0.25, 0.3) is 5.56 Å². The molecule has 0 radical (unpaired) electrons. The standard InChI is InChI=1S/C21H25N5O2.C2HF3O2/c1-4-17-19(21(28)26(24(17)3)16-8-6-5-7-9-16)23-20(27)15-10-11-18-22-14(2)12-25(18)13-15;3-2(4,5)1(6)7/h5-9,12,15H,4,10-11,13H2,1-3H3,(H,23,27);(H,6,7). The molecular formula is C23H26F3N5O4. The van der Waals surface area contributed by atoms with Crippen molar-refractivity contribution in [2.45, 2.75) is 45.8 Å². The predicted molar refractivity (Wildman–Crippen MR) is 121 cm³/mol. The third-order valence-electron chi connectivity index (χ3n) is 5.70. The summed E-state index contributed by atoms with van der Waals surface area (Å²) in [7, 11) is 1.85. The van der Waals surface area contributed by atoms with Gasteiger partial charge in [-0.05, 0) is 31.9 Å². The van der Waals surface area contributed by atoms with Crippen molar-refractivity contribution in [1.82, 2.24) is 18.9 Å². The number of amides is 1. The maximum absolute atomic E-state index is 13.1. The van der Waals surface area contributed by atoms with Crippen LogP contribution in [-0.2, 0) is 36.0 Å². The number of benzene rings is 1. The average Bonchev–Trinajstić information content (AvgIpc) is 3.28. The lowest BCUT2D eigenvalue weighted by atomic mass is 9.98. The van der Waals surface area contributed by atoms with E-state index in [0.717, 1.165) is 35.7 Å². The van der Waals surface area contributed by atoms with Crippen LogP contribution in [0.2, 0.25) is 0 Å². The fourth-order valence-corrected chi connectivity index (χ4v) is 4.06. The number of aryl methyl sites for hydroxylation is 2. The van der Waals surface area contributed by atoms with Gasteiger partial charge in [0.15, 0.2) is 0 Å². The summed E-state index contributed by atoms with van der Waals surface area (Å²) in [6, 6.07) is 9.47. The highest BCUT2D eigenvalue weighted by Crippen LogP contribution is 2.23. The first-order valence-corrected chi connectivity index (χ1v) is 10.9. The van der Waals surface area contributed by atoms with E-state index in [-0.39, 0.29) is 17.4 Å². The van der Waals surface area contributed by atoms with Crippen LogP contribution in [0.1, 0.15) is 30.6 Å². The Labute approximate surface area is 198 Å². The number of carboxylic acids is 1. The number of carbonyl (C=O) groups excluding carboxylic acids is 1. The van der Waals surface area contributed by atoms with Crippen LogP contribution in [-0.4, -0.2) is 42.1 Å². The third kappa shape index (κ3) is 5.64. The quantitative estimate of drug-likeness (QED) is 0.580. The summed E-state index contributed by atoms with van der Waals surface area (Å²) in [6.45, 7) is 4.55. The third-order valence-corrected chi connectivity index (χ3v) is 5.70. The predicted octanol–water partition coefficient (Wildman–Crippen LogP) is 3.08. The van der Waals surface area contributed by atoms with Gasteiger partial charge in [0.2, 0.25) is 5.91 Å². The second-order valence-electron chi connectivity index (χ2n) is 8.13. The Morgan fingerprint density at radius 2 is 1.86 bits per heavy atom. The number of anilines is 1. The molecule has 35 heavy (non-hydrogen) atoms. The minimum Gasteiger partial charge on any atom is -0.475 e. The van der Waals surface area contributed by atoms with Crippen molar-refractivity contribution in [2.75, 3.05) is 5.32 Å². The number of carbonyl (C=O) groups is 2. The smallest absolute Gasteiger partial charge is 0.475 e. The monoisotopic (exact) mass is 493 g/mol. The van der Waals surface area contributed by atoms with Crippen LogP contribution in [0.4, 0.5) is 18.9 Å². The van der Waals surface area contributed by atoms with E-state index in [1.165, 1.54) is 0 Å². The number of carboxylic acid groups (broad SMARTS) is 1. The molecule has 9 nitrogen and oxygen atoms in total. The summed E-state index contributed by atoms with van der Waals surface area (Å²) in [5.74, 6) is -2.00. The van der Waals surface area contributed by atoms with Crippen molar-refractivity contribution in [3.63, 3.8) is 0 Å². The lowest BCUT2D eigenvalue weighted by Gasteiger charge is -2.22. The number of alkyl halides is 3. The summed E-state index contributed by atoms with van der Waals surface area (Å²) in [6.07, 6.45) is -0.938. The lowest BCUT2D eigenvalue weighted by Crippen LogP contribution is -2.32. The highest BCUT2D eigenvalue weighted by atomic mass is 19.4. The molecule has 12 heteroatoms.